The van der Waals surface area contributed by atoms with Gasteiger partial charge in [-0.2, -0.15) is 4.72 Å². The summed E-state index contributed by atoms with van der Waals surface area (Å²) in [5.74, 6) is -0.808. The van der Waals surface area contributed by atoms with Gasteiger partial charge in [0.25, 0.3) is 0 Å². The zero-order valence-electron chi connectivity index (χ0n) is 16.6. The molecule has 3 amide bonds. The van der Waals surface area contributed by atoms with Crippen LogP contribution in [0.4, 0.5) is 5.69 Å². The molecule has 9 nitrogen and oxygen atoms in total. The molecule has 29 heavy (non-hydrogen) atoms. The summed E-state index contributed by atoms with van der Waals surface area (Å²) in [5, 5.41) is 0. The van der Waals surface area contributed by atoms with Crippen molar-refractivity contribution in [1.29, 1.82) is 0 Å². The number of likely N-dealkylation sites (N-methyl/N-ethyl adjacent to an activating group) is 1. The molecule has 157 valence electrons. The van der Waals surface area contributed by atoms with E-state index in [9.17, 15) is 22.8 Å². The van der Waals surface area contributed by atoms with Crippen molar-refractivity contribution < 1.29 is 22.8 Å². The molecule has 1 atom stereocenters. The number of nitrogens with zero attached hydrogens (tertiary/aromatic N) is 3. The summed E-state index contributed by atoms with van der Waals surface area (Å²) in [6.07, 6.45) is 1.17. The van der Waals surface area contributed by atoms with Gasteiger partial charge in [-0.3, -0.25) is 14.4 Å². The third kappa shape index (κ3) is 4.27. The molecule has 2 fully saturated rings. The van der Waals surface area contributed by atoms with E-state index in [0.717, 1.165) is 6.42 Å². The van der Waals surface area contributed by atoms with E-state index in [1.165, 1.54) is 15.9 Å². The van der Waals surface area contributed by atoms with Crippen LogP contribution in [0, 0.1) is 13.8 Å². The Kier molecular flexibility index (Phi) is 5.95. The Balaban J connectivity index is 1.78. The topological polar surface area (TPSA) is 107 Å². The van der Waals surface area contributed by atoms with E-state index in [4.69, 9.17) is 0 Å². The zero-order chi connectivity index (χ0) is 21.3. The zero-order valence-corrected chi connectivity index (χ0v) is 17.4. The van der Waals surface area contributed by atoms with Gasteiger partial charge in [0, 0.05) is 38.8 Å². The molecule has 0 aliphatic carbocycles. The van der Waals surface area contributed by atoms with Crippen LogP contribution in [0.15, 0.2) is 23.1 Å². The van der Waals surface area contributed by atoms with Crippen LogP contribution in [0.2, 0.25) is 0 Å². The Hall–Kier alpha value is -2.46. The SMILES string of the molecule is [CH2][C@H](NS(=O)(=O)c1cccc(N2CCCC2=O)c1C)C(=O)N1CCN(C)C(=O)C1. The van der Waals surface area contributed by atoms with Crippen molar-refractivity contribution in [3.8, 4) is 0 Å². The monoisotopic (exact) mass is 421 g/mol. The lowest BCUT2D eigenvalue weighted by Gasteiger charge is -2.33. The molecule has 1 aromatic carbocycles. The van der Waals surface area contributed by atoms with Gasteiger partial charge in [0.1, 0.15) is 6.04 Å². The quantitative estimate of drug-likeness (QED) is 0.715. The number of hydrogen-bond acceptors (Lipinski definition) is 5. The standard InChI is InChI=1S/C19H25N4O5S/c1-13-15(23-9-5-8-17(23)24)6-4-7-16(13)29(27,28)20-14(2)19(26)22-11-10-21(3)18(25)12-22/h4,6-7,14,20H,2,5,8-12H2,1,3H3/t14-/m0/s1. The van der Waals surface area contributed by atoms with Gasteiger partial charge in [-0.1, -0.05) is 6.07 Å². The van der Waals surface area contributed by atoms with Crippen molar-refractivity contribution in [2.75, 3.05) is 38.1 Å². The molecular weight excluding hydrogens is 396 g/mol. The number of hydrogen-bond donors (Lipinski definition) is 1. The van der Waals surface area contributed by atoms with Crippen LogP contribution in [-0.4, -0.2) is 75.2 Å². The van der Waals surface area contributed by atoms with Crippen molar-refractivity contribution in [3.05, 3.63) is 30.7 Å². The summed E-state index contributed by atoms with van der Waals surface area (Å²) in [6.45, 7) is 6.42. The molecule has 0 unspecified atom stereocenters. The van der Waals surface area contributed by atoms with Gasteiger partial charge >= 0.3 is 0 Å². The normalized spacial score (nSPS) is 19.1. The molecular formula is C19H25N4O5S. The van der Waals surface area contributed by atoms with E-state index < -0.39 is 22.0 Å². The van der Waals surface area contributed by atoms with E-state index in [-0.39, 0.29) is 23.3 Å². The second-order valence-electron chi connectivity index (χ2n) is 7.30. The fourth-order valence-electron chi connectivity index (χ4n) is 3.56. The summed E-state index contributed by atoms with van der Waals surface area (Å²) < 4.78 is 28.1. The van der Waals surface area contributed by atoms with E-state index in [1.54, 1.807) is 31.0 Å². The van der Waals surface area contributed by atoms with E-state index in [2.05, 4.69) is 11.6 Å². The molecule has 0 aromatic heterocycles. The second kappa shape index (κ2) is 8.11. The number of nitrogens with one attached hydrogen (secondary N) is 1. The molecule has 0 spiro atoms. The lowest BCUT2D eigenvalue weighted by molar-refractivity contribution is -0.144. The highest BCUT2D eigenvalue weighted by molar-refractivity contribution is 7.89. The molecule has 1 aromatic rings. The average Bonchev–Trinajstić information content (AvgIpc) is 3.08. The number of sulfonamides is 1. The van der Waals surface area contributed by atoms with Crippen LogP contribution in [0.25, 0.3) is 0 Å². The first-order chi connectivity index (χ1) is 13.6. The molecule has 10 heteroatoms. The molecule has 2 aliphatic rings. The van der Waals surface area contributed by atoms with E-state index in [1.807, 2.05) is 0 Å². The van der Waals surface area contributed by atoms with Crippen LogP contribution < -0.4 is 9.62 Å². The summed E-state index contributed by atoms with van der Waals surface area (Å²) in [5.41, 5.74) is 0.983. The van der Waals surface area contributed by atoms with Crippen LogP contribution in [0.1, 0.15) is 18.4 Å². The van der Waals surface area contributed by atoms with Crippen LogP contribution >= 0.6 is 0 Å². The third-order valence-corrected chi connectivity index (χ3v) is 6.89. The minimum Gasteiger partial charge on any atom is -0.342 e. The summed E-state index contributed by atoms with van der Waals surface area (Å²) in [7, 11) is -2.41. The summed E-state index contributed by atoms with van der Waals surface area (Å²) in [4.78, 5) is 40.8. The first kappa shape index (κ1) is 21.3. The maximum absolute atomic E-state index is 12.9. The molecule has 2 aliphatic heterocycles. The van der Waals surface area contributed by atoms with Crippen molar-refractivity contribution in [3.63, 3.8) is 0 Å². The van der Waals surface area contributed by atoms with Crippen molar-refractivity contribution in [2.24, 2.45) is 0 Å². The molecule has 1 N–H and O–H groups in total. The first-order valence-corrected chi connectivity index (χ1v) is 10.9. The van der Waals surface area contributed by atoms with E-state index >= 15 is 0 Å². The van der Waals surface area contributed by atoms with Gasteiger partial charge in [-0.05, 0) is 38.0 Å². The highest BCUT2D eigenvalue weighted by Gasteiger charge is 2.32. The van der Waals surface area contributed by atoms with Gasteiger partial charge < -0.3 is 14.7 Å². The Morgan fingerprint density at radius 2 is 1.90 bits per heavy atom. The van der Waals surface area contributed by atoms with Crippen LogP contribution in [0.3, 0.4) is 0 Å². The van der Waals surface area contributed by atoms with Crippen LogP contribution in [-0.2, 0) is 24.4 Å². The van der Waals surface area contributed by atoms with Crippen molar-refractivity contribution in [2.45, 2.75) is 30.7 Å². The van der Waals surface area contributed by atoms with Gasteiger partial charge in [0.2, 0.25) is 27.7 Å². The lowest BCUT2D eigenvalue weighted by Crippen LogP contribution is -2.55. The predicted octanol–water partition coefficient (Wildman–Crippen LogP) is -0.0966. The average molecular weight is 421 g/mol. The summed E-state index contributed by atoms with van der Waals surface area (Å²) in [6, 6.07) is 3.44. The number of amides is 3. The largest absolute Gasteiger partial charge is 0.342 e. The number of anilines is 1. The van der Waals surface area contributed by atoms with Crippen molar-refractivity contribution in [1.82, 2.24) is 14.5 Å². The highest BCUT2D eigenvalue weighted by Crippen LogP contribution is 2.29. The fraction of sp³-hybridized carbons (Fsp3) is 0.474. The van der Waals surface area contributed by atoms with E-state index in [0.29, 0.717) is 37.3 Å². The van der Waals surface area contributed by atoms with Crippen molar-refractivity contribution >= 4 is 33.4 Å². The number of benzene rings is 1. The molecule has 2 heterocycles. The lowest BCUT2D eigenvalue weighted by atomic mass is 10.2. The molecule has 2 saturated heterocycles. The first-order valence-electron chi connectivity index (χ1n) is 9.40. The highest BCUT2D eigenvalue weighted by atomic mass is 32.2. The third-order valence-electron chi connectivity index (χ3n) is 5.27. The molecule has 1 radical (unpaired) electrons. The van der Waals surface area contributed by atoms with Gasteiger partial charge in [0.05, 0.1) is 11.4 Å². The van der Waals surface area contributed by atoms with Crippen LogP contribution in [0.5, 0.6) is 0 Å². The number of carbonyl (C=O) groups is 3. The molecule has 3 rings (SSSR count). The maximum atomic E-state index is 12.9. The smallest absolute Gasteiger partial charge is 0.241 e. The van der Waals surface area contributed by atoms with Gasteiger partial charge in [-0.25, -0.2) is 8.42 Å². The predicted molar refractivity (Wildman–Crippen MR) is 106 cm³/mol. The number of rotatable bonds is 5. The Bertz CT molecular complexity index is 946. The Labute approximate surface area is 170 Å². The molecule has 0 bridgehead atoms. The minimum atomic E-state index is -4.06. The molecule has 0 saturated carbocycles. The number of carbonyl (C=O) groups excluding carboxylic acids is 3. The maximum Gasteiger partial charge on any atom is 0.241 e. The Morgan fingerprint density at radius 1 is 1.17 bits per heavy atom. The van der Waals surface area contributed by atoms with Gasteiger partial charge in [-0.15, -0.1) is 0 Å². The van der Waals surface area contributed by atoms with Gasteiger partial charge in [0.15, 0.2) is 0 Å². The summed E-state index contributed by atoms with van der Waals surface area (Å²) >= 11 is 0. The fourth-order valence-corrected chi connectivity index (χ4v) is 4.93. The Morgan fingerprint density at radius 3 is 2.52 bits per heavy atom. The number of piperazine rings is 1. The second-order valence-corrected chi connectivity index (χ2v) is 8.98. The minimum absolute atomic E-state index is 0.00870.